The van der Waals surface area contributed by atoms with Gasteiger partial charge in [0.25, 0.3) is 0 Å². The van der Waals surface area contributed by atoms with Crippen LogP contribution in [0.1, 0.15) is 66.7 Å². The lowest BCUT2D eigenvalue weighted by atomic mass is 9.99. The van der Waals surface area contributed by atoms with E-state index < -0.39 is 15.4 Å². The molecule has 9 nitrogen and oxygen atoms in total. The van der Waals surface area contributed by atoms with Crippen molar-refractivity contribution in [2.75, 3.05) is 52.7 Å². The van der Waals surface area contributed by atoms with Crippen LogP contribution in [0.4, 0.5) is 4.79 Å². The van der Waals surface area contributed by atoms with Crippen molar-refractivity contribution in [3.8, 4) is 34.1 Å². The van der Waals surface area contributed by atoms with Crippen molar-refractivity contribution in [3.05, 3.63) is 78.9 Å². The molecule has 4 aromatic rings. The second-order valence-corrected chi connectivity index (χ2v) is 16.2. The molecule has 52 heavy (non-hydrogen) atoms. The highest BCUT2D eigenvalue weighted by Gasteiger charge is 2.19. The van der Waals surface area contributed by atoms with Gasteiger partial charge in [-0.2, -0.15) is 0 Å². The zero-order valence-corrected chi connectivity index (χ0v) is 32.8. The summed E-state index contributed by atoms with van der Waals surface area (Å²) in [6, 6.07) is 24.6. The first-order valence-electron chi connectivity index (χ1n) is 18.3. The number of ether oxygens (including phenoxy) is 4. The Morgan fingerprint density at radius 2 is 1.38 bits per heavy atom. The topological polar surface area (TPSA) is 94.6 Å². The molecule has 0 atom stereocenters. The second-order valence-electron chi connectivity index (χ2n) is 14.1. The first-order valence-corrected chi connectivity index (χ1v) is 20.2. The molecule has 0 bridgehead atoms. The van der Waals surface area contributed by atoms with E-state index in [0.29, 0.717) is 31.3 Å². The minimum Gasteiger partial charge on any atom is -0.494 e. The Kier molecular flexibility index (Phi) is 14.8. The van der Waals surface area contributed by atoms with Crippen LogP contribution in [0, 0.1) is 0 Å². The molecule has 0 saturated carbocycles. The van der Waals surface area contributed by atoms with E-state index in [2.05, 4.69) is 18.7 Å². The highest BCUT2D eigenvalue weighted by atomic mass is 32.2. The summed E-state index contributed by atoms with van der Waals surface area (Å²) >= 11 is 0. The predicted octanol–water partition coefficient (Wildman–Crippen LogP) is 9.62. The molecule has 0 fully saturated rings. The van der Waals surface area contributed by atoms with E-state index in [9.17, 15) is 13.2 Å². The maximum atomic E-state index is 12.2. The van der Waals surface area contributed by atoms with Crippen LogP contribution in [0.2, 0.25) is 0 Å². The number of hydrogen-bond acceptors (Lipinski definition) is 8. The molecule has 0 spiro atoms. The fraction of sp³-hybridized carbons (Fsp3) is 0.452. The number of carbonyl (C=O) groups excluding carboxylic acids is 1. The smallest absolute Gasteiger partial charge is 0.410 e. The molecule has 4 aromatic carbocycles. The van der Waals surface area contributed by atoms with Gasteiger partial charge in [0.1, 0.15) is 35.2 Å². The Hall–Kier alpha value is -4.28. The third-order valence-electron chi connectivity index (χ3n) is 8.64. The quantitative estimate of drug-likeness (QED) is 0.0880. The number of sulfone groups is 1. The van der Waals surface area contributed by atoms with Crippen LogP contribution in [0.5, 0.6) is 23.0 Å². The summed E-state index contributed by atoms with van der Waals surface area (Å²) in [5, 5.41) is 1.90. The summed E-state index contributed by atoms with van der Waals surface area (Å²) in [5.74, 6) is 2.90. The number of amides is 1. The maximum Gasteiger partial charge on any atom is 0.410 e. The van der Waals surface area contributed by atoms with Crippen LogP contribution in [0.15, 0.2) is 83.8 Å². The van der Waals surface area contributed by atoms with Gasteiger partial charge in [-0.15, -0.1) is 0 Å². The largest absolute Gasteiger partial charge is 0.494 e. The van der Waals surface area contributed by atoms with E-state index in [0.717, 1.165) is 85.1 Å². The molecule has 4 rings (SSSR count). The van der Waals surface area contributed by atoms with Crippen LogP contribution >= 0.6 is 0 Å². The Morgan fingerprint density at radius 1 is 0.731 bits per heavy atom. The molecule has 0 saturated heterocycles. The maximum absolute atomic E-state index is 12.2. The van der Waals surface area contributed by atoms with Gasteiger partial charge in [-0.05, 0) is 125 Å². The number of fused-ring (bicyclic) bond motifs is 1. The fourth-order valence-corrected chi connectivity index (χ4v) is 6.29. The lowest BCUT2D eigenvalue weighted by molar-refractivity contribution is 0.0295. The summed E-state index contributed by atoms with van der Waals surface area (Å²) < 4.78 is 48.3. The first kappa shape index (κ1) is 40.5. The number of nitrogens with zero attached hydrogens (tertiary/aromatic N) is 2. The second kappa shape index (κ2) is 19.0. The Balaban J connectivity index is 1.37. The molecule has 1 amide bonds. The summed E-state index contributed by atoms with van der Waals surface area (Å²) in [4.78, 5) is 16.5. The van der Waals surface area contributed by atoms with Crippen LogP contribution in [-0.2, 0) is 14.6 Å². The third-order valence-corrected chi connectivity index (χ3v) is 9.77. The molecule has 0 aromatic heterocycles. The molecule has 0 aliphatic rings. The molecule has 0 N–H and O–H groups in total. The van der Waals surface area contributed by atoms with Gasteiger partial charge in [0.2, 0.25) is 0 Å². The summed E-state index contributed by atoms with van der Waals surface area (Å²) in [6.45, 7) is 14.6. The molecular weight excluding hydrogens is 677 g/mol. The Bertz CT molecular complexity index is 1840. The lowest BCUT2D eigenvalue weighted by Crippen LogP contribution is -2.34. The van der Waals surface area contributed by atoms with Crippen molar-refractivity contribution in [1.29, 1.82) is 0 Å². The van der Waals surface area contributed by atoms with E-state index in [1.54, 1.807) is 24.1 Å². The summed E-state index contributed by atoms with van der Waals surface area (Å²) in [5.41, 5.74) is 1.21. The summed E-state index contributed by atoms with van der Waals surface area (Å²) in [7, 11) is -1.53. The van der Waals surface area contributed by atoms with Gasteiger partial charge in [0.15, 0.2) is 9.84 Å². The number of carbonyl (C=O) groups is 1. The fourth-order valence-electron chi connectivity index (χ4n) is 5.66. The average Bonchev–Trinajstić information content (AvgIpc) is 3.10. The van der Waals surface area contributed by atoms with Crippen LogP contribution < -0.4 is 14.2 Å². The number of hydrogen-bond donors (Lipinski definition) is 0. The van der Waals surface area contributed by atoms with Crippen molar-refractivity contribution in [3.63, 3.8) is 0 Å². The number of likely N-dealkylation sites (N-methyl/N-ethyl adjacent to an activating group) is 1. The Morgan fingerprint density at radius 3 is 2.04 bits per heavy atom. The standard InChI is InChI=1S/C42H56N2O7S/c1-8-10-29-48-36-21-25-39-33(31-36)16-24-38(32-14-22-37(23-15-32)52(7,46)47)40(39)50-35-19-17-34(18-20-35)49-30-28-44(9-2)27-13-11-12-26-43(6)41(45)51-42(3,4)5/h14-25,31H,8-13,26-30H2,1-7H3. The minimum absolute atomic E-state index is 0.270. The van der Waals surface area contributed by atoms with Crippen molar-refractivity contribution >= 4 is 26.7 Å². The highest BCUT2D eigenvalue weighted by Crippen LogP contribution is 2.41. The van der Waals surface area contributed by atoms with E-state index in [4.69, 9.17) is 18.9 Å². The lowest BCUT2D eigenvalue weighted by Gasteiger charge is -2.24. The zero-order valence-electron chi connectivity index (χ0n) is 31.9. The average molecular weight is 733 g/mol. The number of benzene rings is 4. The monoisotopic (exact) mass is 732 g/mol. The van der Waals surface area contributed by atoms with Crippen LogP contribution in [0.25, 0.3) is 21.9 Å². The van der Waals surface area contributed by atoms with Crippen molar-refractivity contribution in [2.45, 2.75) is 77.2 Å². The summed E-state index contributed by atoms with van der Waals surface area (Å²) in [6.07, 6.45) is 6.00. The van der Waals surface area contributed by atoms with Gasteiger partial charge in [-0.25, -0.2) is 13.2 Å². The molecule has 282 valence electrons. The van der Waals surface area contributed by atoms with E-state index in [1.165, 1.54) is 6.26 Å². The van der Waals surface area contributed by atoms with Crippen LogP contribution in [0.3, 0.4) is 0 Å². The van der Waals surface area contributed by atoms with Gasteiger partial charge < -0.3 is 28.7 Å². The van der Waals surface area contributed by atoms with Crippen molar-refractivity contribution in [1.82, 2.24) is 9.80 Å². The van der Waals surface area contributed by atoms with E-state index in [-0.39, 0.29) is 11.0 Å². The molecule has 0 aliphatic heterocycles. The Labute approximate surface area is 310 Å². The number of rotatable bonds is 19. The number of unbranched alkanes of at least 4 members (excludes halogenated alkanes) is 3. The predicted molar refractivity (Wildman–Crippen MR) is 210 cm³/mol. The minimum atomic E-state index is -3.32. The highest BCUT2D eigenvalue weighted by molar-refractivity contribution is 7.90. The van der Waals surface area contributed by atoms with Gasteiger partial charge in [-0.1, -0.05) is 44.9 Å². The molecule has 10 heteroatoms. The molecule has 0 heterocycles. The van der Waals surface area contributed by atoms with E-state index in [1.807, 2.05) is 87.5 Å². The molecule has 0 radical (unpaired) electrons. The normalized spacial score (nSPS) is 11.8. The van der Waals surface area contributed by atoms with Crippen molar-refractivity contribution in [2.24, 2.45) is 0 Å². The van der Waals surface area contributed by atoms with E-state index >= 15 is 0 Å². The zero-order chi connectivity index (χ0) is 37.7. The van der Waals surface area contributed by atoms with Crippen LogP contribution in [-0.4, -0.2) is 82.6 Å². The SMILES string of the molecule is CCCCOc1ccc2c(Oc3ccc(OCCN(CC)CCCCCN(C)C(=O)OC(C)(C)C)cc3)c(-c3ccc(S(C)(=O)=O)cc3)ccc2c1. The van der Waals surface area contributed by atoms with Gasteiger partial charge >= 0.3 is 6.09 Å². The van der Waals surface area contributed by atoms with Crippen molar-refractivity contribution < 1.29 is 32.2 Å². The molecule has 0 aliphatic carbocycles. The molecule has 0 unspecified atom stereocenters. The first-order chi connectivity index (χ1) is 24.8. The van der Waals surface area contributed by atoms with Gasteiger partial charge in [0.05, 0.1) is 11.5 Å². The van der Waals surface area contributed by atoms with Gasteiger partial charge in [0, 0.05) is 37.3 Å². The van der Waals surface area contributed by atoms with Gasteiger partial charge in [-0.3, -0.25) is 0 Å². The molecular formula is C42H56N2O7S. The third kappa shape index (κ3) is 12.4.